The Morgan fingerprint density at radius 1 is 0.200 bits per heavy atom. The van der Waals surface area contributed by atoms with Crippen molar-refractivity contribution >= 4 is 0 Å². The van der Waals surface area contributed by atoms with Crippen LogP contribution >= 0.6 is 0 Å². The van der Waals surface area contributed by atoms with E-state index in [2.05, 4.69) is 386 Å². The highest BCUT2D eigenvalue weighted by Gasteiger charge is 2.51. The summed E-state index contributed by atoms with van der Waals surface area (Å²) in [4.78, 5) is 0. The molecule has 0 nitrogen and oxygen atoms in total. The third kappa shape index (κ3) is 12.5. The molecule has 95 heavy (non-hydrogen) atoms. The van der Waals surface area contributed by atoms with Crippen LogP contribution in [0.4, 0.5) is 0 Å². The maximum absolute atomic E-state index is 2.31. The molecule has 0 atom stereocenters. The summed E-state index contributed by atoms with van der Waals surface area (Å²) in [6, 6.07) is 113. The van der Waals surface area contributed by atoms with E-state index in [1.807, 2.05) is 0 Å². The van der Waals surface area contributed by atoms with Crippen molar-refractivity contribution in [3.63, 3.8) is 0 Å². The van der Waals surface area contributed by atoms with Gasteiger partial charge in [-0.25, -0.2) is 0 Å². The van der Waals surface area contributed by atoms with Gasteiger partial charge in [0.25, 0.3) is 0 Å². The molecular weight excluding hydrogens is 1140 g/mol. The Morgan fingerprint density at radius 2 is 0.379 bits per heavy atom. The van der Waals surface area contributed by atoms with E-state index in [-0.39, 0.29) is 16.2 Å². The largest absolute Gasteiger partial charge is 0.0725 e. The second-order valence-electron chi connectivity index (χ2n) is 26.8. The predicted octanol–water partition coefficient (Wildman–Crippen LogP) is 24.7. The molecular formula is C95H90. The van der Waals surface area contributed by atoms with Gasteiger partial charge in [-0.3, -0.25) is 0 Å². The standard InChI is InChI=1S/C25H16.C25H18.C15H14.3C10H14/c1-5-13-21-17(9-1)18-10-2-6-14-22(18)25(21)23-15-7-3-11-19(23)20-12-4-8-16-24(20)25;1-3-11-19(12-4-1)25(20-13-5-2-6-14-20)23-17-9-7-15-21(23)22-16-8-10-18-24(22)25;1-15(2)13-9-5-3-7-11(13)12-8-4-6-10-14(12)15;3*1-4-10-6-8(2)5-9(3)7-10/h1-16H;1-18H;3-10H,1-2H3;3*5-7H,4H2,1-3H3. The Balaban J connectivity index is 0.000000115. The predicted molar refractivity (Wildman–Crippen MR) is 406 cm³/mol. The summed E-state index contributed by atoms with van der Waals surface area (Å²) in [7, 11) is 0. The van der Waals surface area contributed by atoms with E-state index in [0.29, 0.717) is 0 Å². The third-order valence-electron chi connectivity index (χ3n) is 19.8. The van der Waals surface area contributed by atoms with E-state index >= 15 is 0 Å². The first-order chi connectivity index (χ1) is 46.2. The summed E-state index contributed by atoms with van der Waals surface area (Å²) in [5, 5.41) is 0. The van der Waals surface area contributed by atoms with Crippen molar-refractivity contribution in [2.75, 3.05) is 0 Å². The Morgan fingerprint density at radius 3 is 0.600 bits per heavy atom. The Hall–Kier alpha value is -10.1. The van der Waals surface area contributed by atoms with Crippen molar-refractivity contribution in [1.82, 2.24) is 0 Å². The summed E-state index contributed by atoms with van der Waals surface area (Å²) >= 11 is 0. The minimum absolute atomic E-state index is 0.160. The highest BCUT2D eigenvalue weighted by atomic mass is 14.5. The van der Waals surface area contributed by atoms with Gasteiger partial charge in [0.2, 0.25) is 0 Å². The van der Waals surface area contributed by atoms with Crippen molar-refractivity contribution in [3.05, 3.63) is 415 Å². The van der Waals surface area contributed by atoms with Crippen LogP contribution in [0.5, 0.6) is 0 Å². The van der Waals surface area contributed by atoms with Gasteiger partial charge in [0.15, 0.2) is 0 Å². The second-order valence-corrected chi connectivity index (χ2v) is 26.8. The average Bonchev–Trinajstić information content (AvgIpc) is 1.52. The topological polar surface area (TPSA) is 0 Å². The molecule has 0 saturated carbocycles. The molecule has 13 aromatic carbocycles. The molecule has 470 valence electrons. The average molecular weight is 1230 g/mol. The summed E-state index contributed by atoms with van der Waals surface area (Å²) in [5.41, 5.74) is 37.1. The molecule has 0 radical (unpaired) electrons. The van der Waals surface area contributed by atoms with Gasteiger partial charge in [-0.05, 0) is 178 Å². The molecule has 0 amide bonds. The van der Waals surface area contributed by atoms with E-state index in [1.54, 1.807) is 0 Å². The molecule has 0 aromatic heterocycles. The van der Waals surface area contributed by atoms with Gasteiger partial charge in [-0.15, -0.1) is 0 Å². The van der Waals surface area contributed by atoms with Gasteiger partial charge in [0.1, 0.15) is 0 Å². The number of aryl methyl sites for hydroxylation is 9. The summed E-state index contributed by atoms with van der Waals surface area (Å²) in [6.07, 6.45) is 3.42. The van der Waals surface area contributed by atoms with Gasteiger partial charge < -0.3 is 0 Å². The van der Waals surface area contributed by atoms with Crippen molar-refractivity contribution in [2.45, 2.75) is 112 Å². The summed E-state index contributed by atoms with van der Waals surface area (Å²) < 4.78 is 0. The lowest BCUT2D eigenvalue weighted by Crippen LogP contribution is -2.28. The number of hydrogen-bond donors (Lipinski definition) is 0. The van der Waals surface area contributed by atoms with E-state index in [0.717, 1.165) is 19.3 Å². The second kappa shape index (κ2) is 28.2. The maximum Gasteiger partial charge on any atom is 0.0725 e. The quantitative estimate of drug-likeness (QED) is 0.161. The van der Waals surface area contributed by atoms with Crippen LogP contribution in [0.2, 0.25) is 0 Å². The first kappa shape index (κ1) is 64.9. The molecule has 0 saturated heterocycles. The maximum atomic E-state index is 2.31. The van der Waals surface area contributed by atoms with Crippen molar-refractivity contribution in [1.29, 1.82) is 0 Å². The number of hydrogen-bond acceptors (Lipinski definition) is 0. The van der Waals surface area contributed by atoms with E-state index < -0.39 is 0 Å². The summed E-state index contributed by atoms with van der Waals surface area (Å²) in [6.45, 7) is 24.0. The summed E-state index contributed by atoms with van der Waals surface area (Å²) in [5.74, 6) is 0. The number of rotatable bonds is 5. The van der Waals surface area contributed by atoms with E-state index in [9.17, 15) is 0 Å². The molecule has 13 aromatic rings. The lowest BCUT2D eigenvalue weighted by atomic mass is 9.68. The van der Waals surface area contributed by atoms with Crippen LogP contribution < -0.4 is 0 Å². The van der Waals surface area contributed by atoms with Gasteiger partial charge in [-0.1, -0.05) is 377 Å². The smallest absolute Gasteiger partial charge is 0.0622 e. The van der Waals surface area contributed by atoms with Crippen LogP contribution in [0.3, 0.4) is 0 Å². The van der Waals surface area contributed by atoms with Crippen LogP contribution in [0.1, 0.15) is 140 Å². The Kier molecular flexibility index (Phi) is 19.3. The van der Waals surface area contributed by atoms with Gasteiger partial charge in [-0.2, -0.15) is 0 Å². The zero-order valence-corrected chi connectivity index (χ0v) is 57.6. The van der Waals surface area contributed by atoms with Crippen molar-refractivity contribution in [3.8, 4) is 44.5 Å². The molecule has 4 aliphatic carbocycles. The molecule has 0 heteroatoms. The van der Waals surface area contributed by atoms with Gasteiger partial charge in [0, 0.05) is 5.41 Å². The monoisotopic (exact) mass is 1230 g/mol. The number of benzene rings is 13. The zero-order chi connectivity index (χ0) is 66.3. The van der Waals surface area contributed by atoms with Crippen LogP contribution in [-0.2, 0) is 35.5 Å². The van der Waals surface area contributed by atoms with Crippen LogP contribution in [0.15, 0.2) is 309 Å². The Labute approximate surface area is 567 Å². The van der Waals surface area contributed by atoms with E-state index in [4.69, 9.17) is 0 Å². The number of fused-ring (bicyclic) bond motifs is 16. The molecule has 0 bridgehead atoms. The van der Waals surface area contributed by atoms with Gasteiger partial charge in [0.05, 0.1) is 10.8 Å². The van der Waals surface area contributed by atoms with Crippen LogP contribution in [0, 0.1) is 41.5 Å². The molecule has 17 rings (SSSR count). The molecule has 0 fully saturated rings. The minimum atomic E-state index is -0.254. The molecule has 0 N–H and O–H groups in total. The lowest BCUT2D eigenvalue weighted by Gasteiger charge is -2.33. The van der Waals surface area contributed by atoms with Crippen molar-refractivity contribution in [2.24, 2.45) is 0 Å². The van der Waals surface area contributed by atoms with Gasteiger partial charge >= 0.3 is 0 Å². The first-order valence-electron chi connectivity index (χ1n) is 34.3. The lowest BCUT2D eigenvalue weighted by molar-refractivity contribution is 0.660. The molecule has 0 aliphatic heterocycles. The molecule has 4 aliphatic rings. The normalized spacial score (nSPS) is 13.2. The Bertz CT molecular complexity index is 4190. The fourth-order valence-electron chi connectivity index (χ4n) is 15.9. The molecule has 0 heterocycles. The van der Waals surface area contributed by atoms with Crippen LogP contribution in [0.25, 0.3) is 44.5 Å². The molecule has 1 spiro atoms. The molecule has 0 unspecified atom stereocenters. The third-order valence-corrected chi connectivity index (χ3v) is 19.8. The zero-order valence-electron chi connectivity index (χ0n) is 57.6. The van der Waals surface area contributed by atoms with E-state index in [1.165, 1.54) is 150 Å². The van der Waals surface area contributed by atoms with Crippen molar-refractivity contribution < 1.29 is 0 Å². The fraction of sp³-hybridized carbons (Fsp3) is 0.179. The fourth-order valence-corrected chi connectivity index (χ4v) is 15.9. The minimum Gasteiger partial charge on any atom is -0.0622 e. The highest BCUT2D eigenvalue weighted by molar-refractivity contribution is 5.95. The van der Waals surface area contributed by atoms with Crippen LogP contribution in [-0.4, -0.2) is 0 Å². The SMILES string of the molecule is CC1(C)c2ccccc2-c2ccccc21.CCc1cc(C)cc(C)c1.CCc1cc(C)cc(C)c1.CCc1cc(C)cc(C)c1.c1ccc(C2(c3ccccc3)c3ccccc3-c3ccccc32)cc1.c1ccc2c(c1)-c1ccccc1C21c2ccccc2-c2ccccc21. The first-order valence-corrected chi connectivity index (χ1v) is 34.3. The highest BCUT2D eigenvalue weighted by Crippen LogP contribution is 2.63.